The van der Waals surface area contributed by atoms with Crippen LogP contribution >= 0.6 is 11.6 Å². The quantitative estimate of drug-likeness (QED) is 0.657. The molecular weight excluding hydrogens is 276 g/mol. The minimum Gasteiger partial charge on any atom is -0.462 e. The van der Waals surface area contributed by atoms with Crippen LogP contribution in [0.1, 0.15) is 43.5 Å². The standard InChI is InChI=1S/C15H21ClN2O2/c1-3-20-15(19)11-7-10(17)8-12(16)14(11)18-13-6-4-5-9(13)2/h7-9,13,18H,3-6,17H2,1-2H3. The van der Waals surface area contributed by atoms with E-state index < -0.39 is 5.97 Å². The average Bonchev–Trinajstić information content (AvgIpc) is 2.78. The van der Waals surface area contributed by atoms with Crippen LogP contribution < -0.4 is 11.1 Å². The number of hydrogen-bond acceptors (Lipinski definition) is 4. The van der Waals surface area contributed by atoms with Gasteiger partial charge in [0.05, 0.1) is 22.9 Å². The molecule has 0 saturated heterocycles. The van der Waals surface area contributed by atoms with Gasteiger partial charge in [-0.3, -0.25) is 0 Å². The summed E-state index contributed by atoms with van der Waals surface area (Å²) in [7, 11) is 0. The Hall–Kier alpha value is -1.42. The average molecular weight is 297 g/mol. The Labute approximate surface area is 124 Å². The molecule has 0 bridgehead atoms. The van der Waals surface area contributed by atoms with Crippen LogP contribution in [-0.4, -0.2) is 18.6 Å². The van der Waals surface area contributed by atoms with Gasteiger partial charge in [-0.15, -0.1) is 0 Å². The van der Waals surface area contributed by atoms with Crippen LogP contribution in [0.15, 0.2) is 12.1 Å². The highest BCUT2D eigenvalue weighted by molar-refractivity contribution is 6.34. The largest absolute Gasteiger partial charge is 0.462 e. The summed E-state index contributed by atoms with van der Waals surface area (Å²) in [5.41, 5.74) is 7.29. The lowest BCUT2D eigenvalue weighted by molar-refractivity contribution is 0.0527. The molecule has 0 radical (unpaired) electrons. The molecule has 0 spiro atoms. The number of nitrogens with two attached hydrogens (primary N) is 1. The molecule has 1 aliphatic rings. The van der Waals surface area contributed by atoms with Crippen LogP contribution in [0.25, 0.3) is 0 Å². The van der Waals surface area contributed by atoms with Crippen LogP contribution in [-0.2, 0) is 4.74 Å². The number of nitrogen functional groups attached to an aromatic ring is 1. The first-order valence-corrected chi connectivity index (χ1v) is 7.43. The second-order valence-corrected chi connectivity index (χ2v) is 5.71. The van der Waals surface area contributed by atoms with Gasteiger partial charge in [0.15, 0.2) is 0 Å². The van der Waals surface area contributed by atoms with E-state index in [9.17, 15) is 4.79 Å². The number of ether oxygens (including phenoxy) is 1. The van der Waals surface area contributed by atoms with Gasteiger partial charge < -0.3 is 15.8 Å². The van der Waals surface area contributed by atoms with E-state index in [4.69, 9.17) is 22.1 Å². The van der Waals surface area contributed by atoms with Gasteiger partial charge in [-0.1, -0.05) is 24.9 Å². The predicted molar refractivity (Wildman–Crippen MR) is 82.2 cm³/mol. The molecule has 1 fully saturated rings. The third kappa shape index (κ3) is 3.18. The second kappa shape index (κ2) is 6.35. The first-order valence-electron chi connectivity index (χ1n) is 7.05. The molecule has 4 nitrogen and oxygen atoms in total. The summed E-state index contributed by atoms with van der Waals surface area (Å²) in [4.78, 5) is 12.0. The minimum absolute atomic E-state index is 0.324. The molecule has 1 saturated carbocycles. The van der Waals surface area contributed by atoms with E-state index in [2.05, 4.69) is 12.2 Å². The number of carbonyl (C=O) groups excluding carboxylic acids is 1. The number of halogens is 1. The first kappa shape index (κ1) is 15.0. The van der Waals surface area contributed by atoms with E-state index in [1.807, 2.05) is 0 Å². The zero-order valence-electron chi connectivity index (χ0n) is 11.9. The molecular formula is C15H21ClN2O2. The van der Waals surface area contributed by atoms with E-state index in [0.29, 0.717) is 40.5 Å². The van der Waals surface area contributed by atoms with Crippen molar-refractivity contribution in [3.63, 3.8) is 0 Å². The maximum Gasteiger partial charge on any atom is 0.340 e. The van der Waals surface area contributed by atoms with Crippen LogP contribution in [0.2, 0.25) is 5.02 Å². The van der Waals surface area contributed by atoms with Crippen molar-refractivity contribution in [1.29, 1.82) is 0 Å². The Morgan fingerprint density at radius 2 is 2.25 bits per heavy atom. The third-order valence-electron chi connectivity index (χ3n) is 3.80. The summed E-state index contributed by atoms with van der Waals surface area (Å²) in [6.45, 7) is 4.31. The number of anilines is 2. The number of rotatable bonds is 4. The van der Waals surface area contributed by atoms with E-state index >= 15 is 0 Å². The fourth-order valence-corrected chi connectivity index (χ4v) is 2.97. The van der Waals surface area contributed by atoms with E-state index in [1.165, 1.54) is 12.8 Å². The van der Waals surface area contributed by atoms with Crippen LogP contribution in [0.3, 0.4) is 0 Å². The summed E-state index contributed by atoms with van der Waals surface area (Å²) in [5, 5.41) is 3.87. The summed E-state index contributed by atoms with van der Waals surface area (Å²) < 4.78 is 5.08. The Bertz CT molecular complexity index is 505. The molecule has 2 unspecified atom stereocenters. The SMILES string of the molecule is CCOC(=O)c1cc(N)cc(Cl)c1NC1CCCC1C. The molecule has 110 valence electrons. The van der Waals surface area contributed by atoms with Crippen molar-refractivity contribution in [1.82, 2.24) is 0 Å². The molecule has 1 aromatic carbocycles. The zero-order chi connectivity index (χ0) is 14.7. The lowest BCUT2D eigenvalue weighted by atomic mass is 10.0. The zero-order valence-corrected chi connectivity index (χ0v) is 12.7. The molecule has 5 heteroatoms. The van der Waals surface area contributed by atoms with Gasteiger partial charge in [-0.25, -0.2) is 4.79 Å². The van der Waals surface area contributed by atoms with Crippen LogP contribution in [0.4, 0.5) is 11.4 Å². The lowest BCUT2D eigenvalue weighted by Crippen LogP contribution is -2.24. The summed E-state index contributed by atoms with van der Waals surface area (Å²) >= 11 is 6.25. The second-order valence-electron chi connectivity index (χ2n) is 5.30. The Kier molecular flexibility index (Phi) is 4.76. The highest BCUT2D eigenvalue weighted by Crippen LogP contribution is 2.34. The maximum absolute atomic E-state index is 12.0. The normalized spacial score (nSPS) is 21.8. The van der Waals surface area contributed by atoms with E-state index in [1.54, 1.807) is 19.1 Å². The lowest BCUT2D eigenvalue weighted by Gasteiger charge is -2.22. The summed E-state index contributed by atoms with van der Waals surface area (Å²) in [6.07, 6.45) is 3.48. The van der Waals surface area contributed by atoms with Gasteiger partial charge >= 0.3 is 5.97 Å². The predicted octanol–water partition coefficient (Wildman–Crippen LogP) is 3.70. The van der Waals surface area contributed by atoms with Gasteiger partial charge in [0.1, 0.15) is 0 Å². The molecule has 20 heavy (non-hydrogen) atoms. The smallest absolute Gasteiger partial charge is 0.340 e. The van der Waals surface area contributed by atoms with Crippen LogP contribution in [0.5, 0.6) is 0 Å². The van der Waals surface area contributed by atoms with Gasteiger partial charge in [0, 0.05) is 11.7 Å². The highest BCUT2D eigenvalue weighted by Gasteiger charge is 2.26. The number of hydrogen-bond donors (Lipinski definition) is 2. The van der Waals surface area contributed by atoms with Gasteiger partial charge in [-0.2, -0.15) is 0 Å². The molecule has 2 atom stereocenters. The topological polar surface area (TPSA) is 64.3 Å². The van der Waals surface area contributed by atoms with Crippen molar-refractivity contribution in [2.24, 2.45) is 5.92 Å². The van der Waals surface area contributed by atoms with Gasteiger partial charge in [0.2, 0.25) is 0 Å². The monoisotopic (exact) mass is 296 g/mol. The number of nitrogens with one attached hydrogen (secondary N) is 1. The van der Waals surface area contributed by atoms with Crippen molar-refractivity contribution >= 4 is 28.9 Å². The Morgan fingerprint density at radius 3 is 2.85 bits per heavy atom. The molecule has 1 aliphatic carbocycles. The molecule has 1 aromatic rings. The number of esters is 1. The molecule has 3 N–H and O–H groups in total. The molecule has 0 aliphatic heterocycles. The fraction of sp³-hybridized carbons (Fsp3) is 0.533. The van der Waals surface area contributed by atoms with Crippen molar-refractivity contribution < 1.29 is 9.53 Å². The van der Waals surface area contributed by atoms with Crippen molar-refractivity contribution in [3.8, 4) is 0 Å². The third-order valence-corrected chi connectivity index (χ3v) is 4.10. The van der Waals surface area contributed by atoms with Crippen molar-refractivity contribution in [3.05, 3.63) is 22.7 Å². The molecule has 2 rings (SSSR count). The fourth-order valence-electron chi connectivity index (χ4n) is 2.69. The van der Waals surface area contributed by atoms with Crippen molar-refractivity contribution in [2.45, 2.75) is 39.2 Å². The summed E-state index contributed by atoms with van der Waals surface area (Å²) in [6, 6.07) is 3.61. The molecule has 0 amide bonds. The van der Waals surface area contributed by atoms with Gasteiger partial charge in [-0.05, 0) is 37.8 Å². The molecule has 0 heterocycles. The van der Waals surface area contributed by atoms with E-state index in [0.717, 1.165) is 6.42 Å². The van der Waals surface area contributed by atoms with E-state index in [-0.39, 0.29) is 0 Å². The van der Waals surface area contributed by atoms with Crippen molar-refractivity contribution in [2.75, 3.05) is 17.7 Å². The highest BCUT2D eigenvalue weighted by atomic mass is 35.5. The number of benzene rings is 1. The molecule has 0 aromatic heterocycles. The minimum atomic E-state index is -0.394. The summed E-state index contributed by atoms with van der Waals surface area (Å²) in [5.74, 6) is 0.175. The Morgan fingerprint density at radius 1 is 1.50 bits per heavy atom. The van der Waals surface area contributed by atoms with Gasteiger partial charge in [0.25, 0.3) is 0 Å². The first-order chi connectivity index (χ1) is 9.52. The maximum atomic E-state index is 12.0. The Balaban J connectivity index is 2.32. The number of carbonyl (C=O) groups is 1. The van der Waals surface area contributed by atoms with Crippen LogP contribution in [0, 0.1) is 5.92 Å².